The summed E-state index contributed by atoms with van der Waals surface area (Å²) in [5.74, 6) is 0.460. The summed E-state index contributed by atoms with van der Waals surface area (Å²) in [6.45, 7) is 0. The van der Waals surface area contributed by atoms with E-state index in [-0.39, 0.29) is 10.8 Å². The van der Waals surface area contributed by atoms with Crippen LogP contribution in [-0.2, 0) is 6.42 Å². The molecule has 0 N–H and O–H groups in total. The molecule has 0 aliphatic carbocycles. The summed E-state index contributed by atoms with van der Waals surface area (Å²) in [5.41, 5.74) is 0.960. The van der Waals surface area contributed by atoms with E-state index in [4.69, 9.17) is 11.6 Å². The Morgan fingerprint density at radius 2 is 2.06 bits per heavy atom. The smallest absolute Gasteiger partial charge is 0.141 e. The number of hydrogen-bond donors (Lipinski definition) is 1. The van der Waals surface area contributed by atoms with Crippen molar-refractivity contribution >= 4 is 35.6 Å². The van der Waals surface area contributed by atoms with Gasteiger partial charge in [-0.3, -0.25) is 0 Å². The fourth-order valence-corrected chi connectivity index (χ4v) is 3.00. The molecular weight excluding hydrogens is 263 g/mol. The SMILES string of the molecule is Fc1ccc(-c2ccc(CCS)s2)cc1Cl. The summed E-state index contributed by atoms with van der Waals surface area (Å²) in [6, 6.07) is 8.92. The van der Waals surface area contributed by atoms with Crippen LogP contribution in [0.3, 0.4) is 0 Å². The van der Waals surface area contributed by atoms with E-state index in [1.54, 1.807) is 23.5 Å². The lowest BCUT2D eigenvalue weighted by Gasteiger charge is -1.99. The molecule has 0 fully saturated rings. The molecule has 0 bridgehead atoms. The van der Waals surface area contributed by atoms with Gasteiger partial charge in [-0.15, -0.1) is 11.3 Å². The van der Waals surface area contributed by atoms with Gasteiger partial charge in [0.1, 0.15) is 5.82 Å². The van der Waals surface area contributed by atoms with Crippen LogP contribution in [0.15, 0.2) is 30.3 Å². The van der Waals surface area contributed by atoms with Gasteiger partial charge in [-0.2, -0.15) is 12.6 Å². The second kappa shape index (κ2) is 5.21. The molecule has 2 aromatic rings. The molecule has 0 unspecified atom stereocenters. The standard InChI is InChI=1S/C12H10ClFS2/c13-10-7-8(1-3-11(10)14)12-4-2-9(16-12)5-6-15/h1-4,7,15H,5-6H2. The van der Waals surface area contributed by atoms with E-state index in [0.29, 0.717) is 0 Å². The van der Waals surface area contributed by atoms with E-state index in [0.717, 1.165) is 22.6 Å². The average Bonchev–Trinajstić information content (AvgIpc) is 2.71. The van der Waals surface area contributed by atoms with Gasteiger partial charge in [0.15, 0.2) is 0 Å². The predicted octanol–water partition coefficient (Wildman–Crippen LogP) is 4.68. The van der Waals surface area contributed by atoms with Crippen molar-refractivity contribution in [1.82, 2.24) is 0 Å². The first kappa shape index (κ1) is 12.0. The van der Waals surface area contributed by atoms with E-state index < -0.39 is 0 Å². The maximum absolute atomic E-state index is 13.0. The van der Waals surface area contributed by atoms with E-state index in [1.165, 1.54) is 10.9 Å². The Bertz CT molecular complexity index is 494. The number of hydrogen-bond acceptors (Lipinski definition) is 2. The van der Waals surface area contributed by atoms with Crippen molar-refractivity contribution in [3.8, 4) is 10.4 Å². The van der Waals surface area contributed by atoms with Crippen LogP contribution >= 0.6 is 35.6 Å². The zero-order chi connectivity index (χ0) is 11.5. The third-order valence-electron chi connectivity index (χ3n) is 2.22. The lowest BCUT2D eigenvalue weighted by Crippen LogP contribution is -1.78. The fourth-order valence-electron chi connectivity index (χ4n) is 1.43. The Morgan fingerprint density at radius 3 is 2.75 bits per heavy atom. The van der Waals surface area contributed by atoms with Crippen LogP contribution < -0.4 is 0 Å². The Balaban J connectivity index is 2.31. The summed E-state index contributed by atoms with van der Waals surface area (Å²) in [5, 5.41) is 0.168. The van der Waals surface area contributed by atoms with Crippen molar-refractivity contribution in [1.29, 1.82) is 0 Å². The Kier molecular flexibility index (Phi) is 3.90. The molecule has 1 heterocycles. The van der Waals surface area contributed by atoms with Gasteiger partial charge in [-0.25, -0.2) is 4.39 Å². The van der Waals surface area contributed by atoms with Gasteiger partial charge in [-0.1, -0.05) is 17.7 Å². The summed E-state index contributed by atoms with van der Waals surface area (Å²) in [6.07, 6.45) is 0.961. The van der Waals surface area contributed by atoms with Crippen LogP contribution in [0.4, 0.5) is 4.39 Å². The average molecular weight is 273 g/mol. The van der Waals surface area contributed by atoms with Crippen molar-refractivity contribution in [3.05, 3.63) is 46.0 Å². The second-order valence-electron chi connectivity index (χ2n) is 3.37. The van der Waals surface area contributed by atoms with Gasteiger partial charge in [0.2, 0.25) is 0 Å². The number of benzene rings is 1. The first-order valence-electron chi connectivity index (χ1n) is 4.85. The highest BCUT2D eigenvalue weighted by molar-refractivity contribution is 7.80. The summed E-state index contributed by atoms with van der Waals surface area (Å²) in [4.78, 5) is 2.39. The van der Waals surface area contributed by atoms with Crippen molar-refractivity contribution in [2.24, 2.45) is 0 Å². The number of halogens is 2. The quantitative estimate of drug-likeness (QED) is 0.771. The molecule has 0 aliphatic heterocycles. The maximum atomic E-state index is 13.0. The van der Waals surface area contributed by atoms with Gasteiger partial charge in [-0.05, 0) is 42.0 Å². The minimum Gasteiger partial charge on any atom is -0.205 e. The Hall–Kier alpha value is -0.510. The van der Waals surface area contributed by atoms with E-state index in [1.807, 2.05) is 6.07 Å². The van der Waals surface area contributed by atoms with Crippen molar-refractivity contribution in [2.45, 2.75) is 6.42 Å². The number of rotatable bonds is 3. The molecule has 0 saturated heterocycles. The zero-order valence-corrected chi connectivity index (χ0v) is 10.9. The first-order valence-corrected chi connectivity index (χ1v) is 6.68. The minimum atomic E-state index is -0.377. The maximum Gasteiger partial charge on any atom is 0.141 e. The zero-order valence-electron chi connectivity index (χ0n) is 8.41. The molecule has 84 valence electrons. The van der Waals surface area contributed by atoms with E-state index in [2.05, 4.69) is 18.7 Å². The van der Waals surface area contributed by atoms with Crippen molar-refractivity contribution < 1.29 is 4.39 Å². The van der Waals surface area contributed by atoms with Gasteiger partial charge < -0.3 is 0 Å². The third kappa shape index (κ3) is 2.59. The number of thiol groups is 1. The molecule has 0 spiro atoms. The molecule has 2 rings (SSSR count). The second-order valence-corrected chi connectivity index (χ2v) is 5.39. The summed E-state index contributed by atoms with van der Waals surface area (Å²) in [7, 11) is 0. The summed E-state index contributed by atoms with van der Waals surface area (Å²) >= 11 is 11.6. The fraction of sp³-hybridized carbons (Fsp3) is 0.167. The molecular formula is C12H10ClFS2. The van der Waals surface area contributed by atoms with Crippen LogP contribution in [0.5, 0.6) is 0 Å². The molecule has 0 amide bonds. The van der Waals surface area contributed by atoms with Gasteiger partial charge in [0, 0.05) is 9.75 Å². The highest BCUT2D eigenvalue weighted by Crippen LogP contribution is 2.30. The lowest BCUT2D eigenvalue weighted by molar-refractivity contribution is 0.628. The first-order chi connectivity index (χ1) is 7.70. The van der Waals surface area contributed by atoms with Gasteiger partial charge >= 0.3 is 0 Å². The molecule has 16 heavy (non-hydrogen) atoms. The molecule has 0 nitrogen and oxygen atoms in total. The van der Waals surface area contributed by atoms with E-state index in [9.17, 15) is 4.39 Å². The molecule has 0 atom stereocenters. The lowest BCUT2D eigenvalue weighted by atomic mass is 10.2. The van der Waals surface area contributed by atoms with Crippen LogP contribution in [0.25, 0.3) is 10.4 Å². The molecule has 0 aliphatic rings. The normalized spacial score (nSPS) is 10.7. The van der Waals surface area contributed by atoms with Crippen molar-refractivity contribution in [3.63, 3.8) is 0 Å². The molecule has 1 aromatic heterocycles. The predicted molar refractivity (Wildman–Crippen MR) is 72.3 cm³/mol. The van der Waals surface area contributed by atoms with Gasteiger partial charge in [0.25, 0.3) is 0 Å². The van der Waals surface area contributed by atoms with Crippen LogP contribution in [0.1, 0.15) is 4.88 Å². The molecule has 4 heteroatoms. The topological polar surface area (TPSA) is 0 Å². The highest BCUT2D eigenvalue weighted by atomic mass is 35.5. The number of thiophene rings is 1. The van der Waals surface area contributed by atoms with Crippen molar-refractivity contribution in [2.75, 3.05) is 5.75 Å². The Labute approximate surface area is 108 Å². The summed E-state index contributed by atoms with van der Waals surface area (Å²) < 4.78 is 13.0. The molecule has 1 aromatic carbocycles. The van der Waals surface area contributed by atoms with Crippen LogP contribution in [0.2, 0.25) is 5.02 Å². The monoisotopic (exact) mass is 272 g/mol. The van der Waals surface area contributed by atoms with Gasteiger partial charge in [0.05, 0.1) is 5.02 Å². The van der Waals surface area contributed by atoms with Crippen LogP contribution in [0, 0.1) is 5.82 Å². The number of aryl methyl sites for hydroxylation is 1. The minimum absolute atomic E-state index is 0.168. The highest BCUT2D eigenvalue weighted by Gasteiger charge is 2.05. The molecule has 0 saturated carbocycles. The molecule has 0 radical (unpaired) electrons. The third-order valence-corrected chi connectivity index (χ3v) is 3.93. The van der Waals surface area contributed by atoms with Crippen LogP contribution in [-0.4, -0.2) is 5.75 Å². The van der Waals surface area contributed by atoms with E-state index >= 15 is 0 Å². The largest absolute Gasteiger partial charge is 0.205 e. The Morgan fingerprint density at radius 1 is 1.25 bits per heavy atom.